The number of carbonyl (C=O) groups excluding carboxylic acids is 3. The lowest BCUT2D eigenvalue weighted by atomic mass is 9.82. The molecule has 2 fully saturated rings. The second kappa shape index (κ2) is 9.92. The molecule has 4 aliphatic heterocycles. The Kier molecular flexibility index (Phi) is 6.63. The van der Waals surface area contributed by atoms with Gasteiger partial charge in [0.1, 0.15) is 18.6 Å². The van der Waals surface area contributed by atoms with Crippen LogP contribution in [0.4, 0.5) is 10.5 Å². The number of hydrogen-bond acceptors (Lipinski definition) is 10. The van der Waals surface area contributed by atoms with Gasteiger partial charge in [-0.15, -0.1) is 0 Å². The second-order valence-corrected chi connectivity index (χ2v) is 12.8. The molecule has 0 aliphatic carbocycles. The zero-order valence-corrected chi connectivity index (χ0v) is 25.0. The number of para-hydroxylation sites is 1. The number of aliphatic imine (C=N–C) groups is 1. The van der Waals surface area contributed by atoms with Gasteiger partial charge in [-0.05, 0) is 41.7 Å². The van der Waals surface area contributed by atoms with E-state index in [1.165, 1.54) is 9.80 Å². The summed E-state index contributed by atoms with van der Waals surface area (Å²) in [6.07, 6.45) is 0. The largest absolute Gasteiger partial charge is 0.370 e. The third-order valence-electron chi connectivity index (χ3n) is 9.07. The molecular weight excluding hydrogens is 566 g/mol. The number of amides is 4. The Morgan fingerprint density at radius 1 is 1.14 bits per heavy atom. The Morgan fingerprint density at radius 3 is 2.52 bits per heavy atom. The highest BCUT2D eigenvalue weighted by atomic mass is 16.5. The molecule has 2 saturated heterocycles. The molecule has 4 amide bonds. The lowest BCUT2D eigenvalue weighted by molar-refractivity contribution is -0.521. The summed E-state index contributed by atoms with van der Waals surface area (Å²) < 4.78 is 0. The van der Waals surface area contributed by atoms with E-state index in [4.69, 9.17) is 11.5 Å². The monoisotopic (exact) mass is 604 g/mol. The van der Waals surface area contributed by atoms with Crippen LogP contribution in [0.1, 0.15) is 42.3 Å². The number of benzene rings is 2. The fourth-order valence-corrected chi connectivity index (χ4v) is 6.97. The normalized spacial score (nSPS) is 27.5. The number of nitrogens with zero attached hydrogens (tertiary/aromatic N) is 4. The molecule has 1 unspecified atom stereocenters. The first-order valence-corrected chi connectivity index (χ1v) is 14.5. The summed E-state index contributed by atoms with van der Waals surface area (Å²) in [5.41, 5.74) is 13.3. The van der Waals surface area contributed by atoms with E-state index in [-0.39, 0.29) is 37.0 Å². The van der Waals surface area contributed by atoms with E-state index < -0.39 is 47.4 Å². The molecule has 0 bridgehead atoms. The van der Waals surface area contributed by atoms with Crippen molar-refractivity contribution in [3.05, 3.63) is 65.2 Å². The summed E-state index contributed by atoms with van der Waals surface area (Å²) in [6.45, 7) is 7.57. The van der Waals surface area contributed by atoms with Gasteiger partial charge in [-0.25, -0.2) is 15.1 Å². The van der Waals surface area contributed by atoms with Crippen LogP contribution in [0.3, 0.4) is 0 Å². The van der Waals surface area contributed by atoms with Gasteiger partial charge in [0.2, 0.25) is 5.79 Å². The van der Waals surface area contributed by atoms with Crippen LogP contribution in [0, 0.1) is 6.92 Å². The Hall–Kier alpha value is -4.69. The first kappa shape index (κ1) is 29.4. The molecule has 6 rings (SSSR count). The Morgan fingerprint density at radius 2 is 1.84 bits per heavy atom. The van der Waals surface area contributed by atoms with Crippen LogP contribution in [0.15, 0.2) is 53.5 Å². The molecule has 44 heavy (non-hydrogen) atoms. The molecule has 1 spiro atoms. The number of imide groups is 1. The molecule has 2 aromatic carbocycles. The summed E-state index contributed by atoms with van der Waals surface area (Å²) in [6, 6.07) is 10.6. The Labute approximate surface area is 254 Å². The van der Waals surface area contributed by atoms with Gasteiger partial charge in [0, 0.05) is 11.3 Å². The average Bonchev–Trinajstić information content (AvgIpc) is 3.54. The zero-order valence-electron chi connectivity index (χ0n) is 25.0. The van der Waals surface area contributed by atoms with E-state index in [1.54, 1.807) is 36.4 Å². The molecule has 14 nitrogen and oxygen atoms in total. The minimum atomic E-state index is -2.63. The smallest absolute Gasteiger partial charge is 0.343 e. The van der Waals surface area contributed by atoms with Crippen LogP contribution >= 0.6 is 0 Å². The number of nitrogens with one attached hydrogen (secondary N) is 3. The van der Waals surface area contributed by atoms with E-state index >= 15 is 0 Å². The molecule has 9 N–H and O–H groups in total. The zero-order chi connectivity index (χ0) is 31.8. The van der Waals surface area contributed by atoms with E-state index in [2.05, 4.69) is 41.4 Å². The third kappa shape index (κ3) is 4.27. The van der Waals surface area contributed by atoms with Crippen molar-refractivity contribution in [3.8, 4) is 0 Å². The predicted octanol–water partition coefficient (Wildman–Crippen LogP) is -2.38. The number of carbonyl (C=O) groups is 3. The quantitative estimate of drug-likeness (QED) is 0.144. The van der Waals surface area contributed by atoms with Crippen molar-refractivity contribution in [2.75, 3.05) is 24.5 Å². The summed E-state index contributed by atoms with van der Waals surface area (Å²) in [7, 11) is 0. The maximum Gasteiger partial charge on any atom is 0.343 e. The van der Waals surface area contributed by atoms with Crippen LogP contribution in [-0.2, 0) is 10.2 Å². The molecular formula is C30H38N9O5+. The fourth-order valence-electron chi connectivity index (χ4n) is 6.97. The van der Waals surface area contributed by atoms with Crippen LogP contribution in [0.2, 0.25) is 0 Å². The van der Waals surface area contributed by atoms with Crippen molar-refractivity contribution in [1.82, 2.24) is 20.4 Å². The van der Waals surface area contributed by atoms with Crippen LogP contribution in [0.25, 0.3) is 0 Å². The Bertz CT molecular complexity index is 1600. The highest BCUT2D eigenvalue weighted by molar-refractivity contribution is 6.12. The predicted molar refractivity (Wildman–Crippen MR) is 161 cm³/mol. The minimum absolute atomic E-state index is 0.0214. The van der Waals surface area contributed by atoms with Crippen molar-refractivity contribution in [2.24, 2.45) is 16.5 Å². The summed E-state index contributed by atoms with van der Waals surface area (Å²) >= 11 is 0. The third-order valence-corrected chi connectivity index (χ3v) is 9.07. The summed E-state index contributed by atoms with van der Waals surface area (Å²) in [5, 5.41) is 29.4. The number of anilines is 1. The van der Waals surface area contributed by atoms with E-state index in [0.717, 1.165) is 16.0 Å². The van der Waals surface area contributed by atoms with Crippen molar-refractivity contribution >= 4 is 35.5 Å². The fraction of sp³-hybridized carbons (Fsp3) is 0.433. The number of aliphatic hydroxyl groups is 2. The topological polar surface area (TPSA) is 204 Å². The van der Waals surface area contributed by atoms with Crippen LogP contribution in [0.5, 0.6) is 0 Å². The first-order chi connectivity index (χ1) is 20.7. The van der Waals surface area contributed by atoms with Crippen molar-refractivity contribution in [1.29, 1.82) is 0 Å². The van der Waals surface area contributed by atoms with Gasteiger partial charge in [0.15, 0.2) is 12.0 Å². The highest BCUT2D eigenvalue weighted by Gasteiger charge is 2.76. The first-order valence-electron chi connectivity index (χ1n) is 14.5. The maximum atomic E-state index is 13.6. The van der Waals surface area contributed by atoms with Crippen LogP contribution < -0.4 is 32.0 Å². The average molecular weight is 605 g/mol. The molecule has 4 heterocycles. The number of nitrogens with two attached hydrogens (primary N) is 2. The van der Waals surface area contributed by atoms with Crippen LogP contribution in [-0.4, -0.2) is 99.0 Å². The highest BCUT2D eigenvalue weighted by Crippen LogP contribution is 2.41. The van der Waals surface area contributed by atoms with Gasteiger partial charge < -0.3 is 21.3 Å². The van der Waals surface area contributed by atoms with Gasteiger partial charge in [0.05, 0.1) is 13.1 Å². The van der Waals surface area contributed by atoms with Gasteiger partial charge in [-0.3, -0.25) is 35.0 Å². The number of rotatable bonds is 5. The number of guanidine groups is 2. The molecule has 0 saturated carbocycles. The van der Waals surface area contributed by atoms with Crippen molar-refractivity contribution in [3.63, 3.8) is 0 Å². The Balaban J connectivity index is 1.28. The van der Waals surface area contributed by atoms with Gasteiger partial charge in [-0.1, -0.05) is 51.1 Å². The maximum absolute atomic E-state index is 13.6. The summed E-state index contributed by atoms with van der Waals surface area (Å²) in [4.78, 5) is 51.4. The molecule has 232 valence electrons. The van der Waals surface area contributed by atoms with Gasteiger partial charge in [-0.2, -0.15) is 0 Å². The summed E-state index contributed by atoms with van der Waals surface area (Å²) in [5.74, 6) is -3.60. The van der Waals surface area contributed by atoms with Gasteiger partial charge in [0.25, 0.3) is 17.5 Å². The molecule has 2 aromatic rings. The molecule has 0 radical (unpaired) electrons. The number of hydrogen-bond donors (Lipinski definition) is 7. The van der Waals surface area contributed by atoms with E-state index in [9.17, 15) is 24.6 Å². The molecule has 0 aromatic heterocycles. The van der Waals surface area contributed by atoms with E-state index in [1.807, 2.05) is 19.1 Å². The lowest BCUT2D eigenvalue weighted by Gasteiger charge is -2.46. The lowest BCUT2D eigenvalue weighted by Crippen LogP contribution is -2.90. The SMILES string of the molecule is Cc1c(C(=O)NC2CN3C(N)=N[C@@H](CN4C(=O)CN(c5ccccc5)C4=O)[C@@H]4[NH+]=C(N)N[C@@]43C2(O)O)cccc1C(C)(C)C. The molecule has 14 heteroatoms. The van der Waals surface area contributed by atoms with Crippen molar-refractivity contribution < 1.29 is 29.6 Å². The van der Waals surface area contributed by atoms with Gasteiger partial charge >= 0.3 is 12.0 Å². The molecule has 4 aliphatic rings. The standard InChI is InChI=1S/C30H37N9O5/c1-16-18(11-8-12-19(16)28(2,3)4)24(41)34-21-14-39-26(32)33-20(23-29(39,30(21,43)44)36-25(31)35-23)13-38-22(40)15-37(27(38)42)17-9-6-5-7-10-17/h5-12,20-21,23,43-44H,13-15H2,1-4H3,(H2,32,33)(H,34,41)(H3,31,35,36)/p+1/t20-,21?,23-,29-/m0/s1. The molecule has 4 atom stereocenters. The van der Waals surface area contributed by atoms with Crippen molar-refractivity contribution in [2.45, 2.75) is 62.7 Å². The second-order valence-electron chi connectivity index (χ2n) is 12.8. The minimum Gasteiger partial charge on any atom is -0.370 e. The van der Waals surface area contributed by atoms with E-state index in [0.29, 0.717) is 11.3 Å². The number of urea groups is 1.